The lowest BCUT2D eigenvalue weighted by Crippen LogP contribution is -2.35. The van der Waals surface area contributed by atoms with Gasteiger partial charge in [0.05, 0.1) is 0 Å². The van der Waals surface area contributed by atoms with E-state index in [1.165, 1.54) is 0 Å². The topological polar surface area (TPSA) is 41.1 Å². The largest absolute Gasteiger partial charge is 0.353 e. The van der Waals surface area contributed by atoms with E-state index < -0.39 is 0 Å². The SMILES string of the molecule is CNCCC(=O)NC(C)Cc1cccc(Cl)c1. The van der Waals surface area contributed by atoms with Gasteiger partial charge in [-0.15, -0.1) is 0 Å². The Labute approximate surface area is 108 Å². The number of hydrogen-bond acceptors (Lipinski definition) is 2. The Morgan fingerprint density at radius 1 is 1.47 bits per heavy atom. The van der Waals surface area contributed by atoms with Crippen LogP contribution >= 0.6 is 11.6 Å². The molecule has 0 bridgehead atoms. The van der Waals surface area contributed by atoms with Gasteiger partial charge in [-0.25, -0.2) is 0 Å². The van der Waals surface area contributed by atoms with Crippen LogP contribution in [0.15, 0.2) is 24.3 Å². The minimum absolute atomic E-state index is 0.0777. The van der Waals surface area contributed by atoms with Gasteiger partial charge in [0.1, 0.15) is 0 Å². The highest BCUT2D eigenvalue weighted by Gasteiger charge is 2.07. The van der Waals surface area contributed by atoms with Crippen molar-refractivity contribution in [2.75, 3.05) is 13.6 Å². The molecule has 1 aromatic rings. The van der Waals surface area contributed by atoms with Gasteiger partial charge in [-0.1, -0.05) is 23.7 Å². The Morgan fingerprint density at radius 2 is 2.24 bits per heavy atom. The summed E-state index contributed by atoms with van der Waals surface area (Å²) in [4.78, 5) is 11.5. The summed E-state index contributed by atoms with van der Waals surface area (Å²) in [6, 6.07) is 7.84. The molecule has 0 aliphatic carbocycles. The van der Waals surface area contributed by atoms with Crippen LogP contribution < -0.4 is 10.6 Å². The van der Waals surface area contributed by atoms with Crippen LogP contribution in [-0.4, -0.2) is 25.5 Å². The van der Waals surface area contributed by atoms with Crippen LogP contribution in [0, 0.1) is 0 Å². The highest BCUT2D eigenvalue weighted by molar-refractivity contribution is 6.30. The maximum absolute atomic E-state index is 11.5. The molecule has 0 aliphatic heterocycles. The molecular weight excluding hydrogens is 236 g/mol. The highest BCUT2D eigenvalue weighted by atomic mass is 35.5. The Bertz CT molecular complexity index is 368. The van der Waals surface area contributed by atoms with Gasteiger partial charge in [0.15, 0.2) is 0 Å². The van der Waals surface area contributed by atoms with Gasteiger partial charge in [0.2, 0.25) is 5.91 Å². The Morgan fingerprint density at radius 3 is 2.88 bits per heavy atom. The molecule has 1 rings (SSSR count). The van der Waals surface area contributed by atoms with Crippen LogP contribution in [0.4, 0.5) is 0 Å². The van der Waals surface area contributed by atoms with Crippen molar-refractivity contribution in [2.24, 2.45) is 0 Å². The van der Waals surface area contributed by atoms with Crippen molar-refractivity contribution < 1.29 is 4.79 Å². The van der Waals surface area contributed by atoms with E-state index in [-0.39, 0.29) is 11.9 Å². The summed E-state index contributed by atoms with van der Waals surface area (Å²) in [6.45, 7) is 2.70. The van der Waals surface area contributed by atoms with Crippen LogP contribution in [0.1, 0.15) is 18.9 Å². The van der Waals surface area contributed by atoms with Crippen molar-refractivity contribution in [3.8, 4) is 0 Å². The first kappa shape index (κ1) is 14.0. The van der Waals surface area contributed by atoms with E-state index in [1.54, 1.807) is 0 Å². The summed E-state index contributed by atoms with van der Waals surface area (Å²) in [6.07, 6.45) is 1.31. The summed E-state index contributed by atoms with van der Waals surface area (Å²) in [5.41, 5.74) is 1.14. The predicted octanol–water partition coefficient (Wildman–Crippen LogP) is 2.00. The second-order valence-corrected chi connectivity index (χ2v) is 4.59. The summed E-state index contributed by atoms with van der Waals surface area (Å²) < 4.78 is 0. The number of hydrogen-bond donors (Lipinski definition) is 2. The lowest BCUT2D eigenvalue weighted by molar-refractivity contribution is -0.121. The second kappa shape index (κ2) is 7.30. The zero-order chi connectivity index (χ0) is 12.7. The van der Waals surface area contributed by atoms with E-state index >= 15 is 0 Å². The highest BCUT2D eigenvalue weighted by Crippen LogP contribution is 2.12. The lowest BCUT2D eigenvalue weighted by atomic mass is 10.1. The van der Waals surface area contributed by atoms with E-state index in [2.05, 4.69) is 10.6 Å². The van der Waals surface area contributed by atoms with Gasteiger partial charge in [-0.3, -0.25) is 4.79 Å². The first-order valence-corrected chi connectivity index (χ1v) is 6.18. The third-order valence-electron chi connectivity index (χ3n) is 2.44. The van der Waals surface area contributed by atoms with Crippen LogP contribution in [0.25, 0.3) is 0 Å². The van der Waals surface area contributed by atoms with Crippen LogP contribution in [-0.2, 0) is 11.2 Å². The number of carbonyl (C=O) groups excluding carboxylic acids is 1. The molecule has 3 nitrogen and oxygen atoms in total. The van der Waals surface area contributed by atoms with Crippen molar-refractivity contribution in [3.05, 3.63) is 34.9 Å². The maximum Gasteiger partial charge on any atom is 0.221 e. The van der Waals surface area contributed by atoms with E-state index in [0.717, 1.165) is 17.0 Å². The zero-order valence-electron chi connectivity index (χ0n) is 10.3. The van der Waals surface area contributed by atoms with E-state index in [1.807, 2.05) is 38.2 Å². The monoisotopic (exact) mass is 254 g/mol. The van der Waals surface area contributed by atoms with E-state index in [9.17, 15) is 4.79 Å². The minimum atomic E-state index is 0.0777. The normalized spacial score (nSPS) is 12.2. The minimum Gasteiger partial charge on any atom is -0.353 e. The molecule has 4 heteroatoms. The maximum atomic E-state index is 11.5. The van der Waals surface area contributed by atoms with Gasteiger partial charge < -0.3 is 10.6 Å². The second-order valence-electron chi connectivity index (χ2n) is 4.16. The number of benzene rings is 1. The molecule has 0 heterocycles. The smallest absolute Gasteiger partial charge is 0.221 e. The van der Waals surface area contributed by atoms with E-state index in [0.29, 0.717) is 13.0 Å². The van der Waals surface area contributed by atoms with Crippen molar-refractivity contribution in [2.45, 2.75) is 25.8 Å². The number of rotatable bonds is 6. The third-order valence-corrected chi connectivity index (χ3v) is 2.68. The Kier molecular flexibility index (Phi) is 6.01. The molecule has 0 radical (unpaired) electrons. The molecule has 0 aromatic heterocycles. The molecular formula is C13H19ClN2O. The molecule has 0 fully saturated rings. The van der Waals surface area contributed by atoms with Crippen molar-refractivity contribution in [1.29, 1.82) is 0 Å². The average molecular weight is 255 g/mol. The molecule has 0 saturated carbocycles. The number of halogens is 1. The van der Waals surface area contributed by atoms with Gasteiger partial charge >= 0.3 is 0 Å². The standard InChI is InChI=1S/C13H19ClN2O/c1-10(16-13(17)6-7-15-2)8-11-4-3-5-12(14)9-11/h3-5,9-10,15H,6-8H2,1-2H3,(H,16,17). The molecule has 2 N–H and O–H groups in total. The van der Waals surface area contributed by atoms with E-state index in [4.69, 9.17) is 11.6 Å². The average Bonchev–Trinajstić information content (AvgIpc) is 2.26. The first-order valence-electron chi connectivity index (χ1n) is 5.80. The summed E-state index contributed by atoms with van der Waals surface area (Å²) >= 11 is 5.91. The van der Waals surface area contributed by atoms with Gasteiger partial charge in [0.25, 0.3) is 0 Å². The molecule has 17 heavy (non-hydrogen) atoms. The lowest BCUT2D eigenvalue weighted by Gasteiger charge is -2.14. The molecule has 94 valence electrons. The van der Waals surface area contributed by atoms with Crippen molar-refractivity contribution in [3.63, 3.8) is 0 Å². The molecule has 1 unspecified atom stereocenters. The van der Waals surface area contributed by atoms with Gasteiger partial charge in [-0.2, -0.15) is 0 Å². The fourth-order valence-electron chi connectivity index (χ4n) is 1.65. The molecule has 0 saturated heterocycles. The zero-order valence-corrected chi connectivity index (χ0v) is 11.1. The van der Waals surface area contributed by atoms with Gasteiger partial charge in [-0.05, 0) is 38.1 Å². The first-order chi connectivity index (χ1) is 8.11. The Hall–Kier alpha value is -1.06. The number of amides is 1. The fraction of sp³-hybridized carbons (Fsp3) is 0.462. The molecule has 0 spiro atoms. The third kappa shape index (κ3) is 5.71. The molecule has 0 aliphatic rings. The predicted molar refractivity (Wildman–Crippen MR) is 71.3 cm³/mol. The Balaban J connectivity index is 2.39. The van der Waals surface area contributed by atoms with Gasteiger partial charge in [0, 0.05) is 24.0 Å². The van der Waals surface area contributed by atoms with Crippen LogP contribution in [0.3, 0.4) is 0 Å². The summed E-state index contributed by atoms with van der Waals surface area (Å²) in [7, 11) is 1.84. The summed E-state index contributed by atoms with van der Waals surface area (Å²) in [5, 5.41) is 6.64. The molecule has 1 amide bonds. The van der Waals surface area contributed by atoms with Crippen molar-refractivity contribution in [1.82, 2.24) is 10.6 Å². The number of nitrogens with one attached hydrogen (secondary N) is 2. The molecule has 1 atom stereocenters. The van der Waals surface area contributed by atoms with Crippen LogP contribution in [0.2, 0.25) is 5.02 Å². The molecule has 1 aromatic carbocycles. The number of carbonyl (C=O) groups is 1. The quantitative estimate of drug-likeness (QED) is 0.815. The fourth-order valence-corrected chi connectivity index (χ4v) is 1.87. The van der Waals surface area contributed by atoms with Crippen molar-refractivity contribution >= 4 is 17.5 Å². The summed E-state index contributed by atoms with van der Waals surface area (Å²) in [5.74, 6) is 0.0777. The van der Waals surface area contributed by atoms with Crippen LogP contribution in [0.5, 0.6) is 0 Å².